The van der Waals surface area contributed by atoms with Crippen LogP contribution in [0.2, 0.25) is 0 Å². The summed E-state index contributed by atoms with van der Waals surface area (Å²) in [6, 6.07) is 19.7. The number of halogens is 1. The number of aromatic nitrogens is 3. The van der Waals surface area contributed by atoms with Crippen molar-refractivity contribution in [3.8, 4) is 0 Å². The fourth-order valence-electron chi connectivity index (χ4n) is 3.99. The minimum absolute atomic E-state index is 0. The fourth-order valence-corrected chi connectivity index (χ4v) is 3.99. The molecule has 2 aromatic carbocycles. The van der Waals surface area contributed by atoms with E-state index in [2.05, 4.69) is 85.2 Å². The standard InChI is InChI=1S/C24H31N7.HI/c1-25-24(27-15-21-8-5-9-22(14-21)17-31-19-26-18-28-31)29-23-10-12-30(13-11-23)16-20-6-3-2-4-7-20;/h2-9,14,18-19,23H,10-13,15-17H2,1H3,(H2,25,27,29);1H. The molecule has 0 radical (unpaired) electrons. The number of hydrogen-bond acceptors (Lipinski definition) is 4. The molecule has 0 saturated carbocycles. The average molecular weight is 545 g/mol. The highest BCUT2D eigenvalue weighted by atomic mass is 127. The van der Waals surface area contributed by atoms with E-state index in [0.717, 1.165) is 51.5 Å². The van der Waals surface area contributed by atoms with Crippen LogP contribution in [0.5, 0.6) is 0 Å². The van der Waals surface area contributed by atoms with Gasteiger partial charge in [0, 0.05) is 39.3 Å². The Kier molecular flexibility index (Phi) is 9.48. The average Bonchev–Trinajstić information content (AvgIpc) is 3.32. The molecule has 32 heavy (non-hydrogen) atoms. The molecule has 0 amide bonds. The van der Waals surface area contributed by atoms with E-state index in [1.807, 2.05) is 11.7 Å². The molecule has 1 aromatic heterocycles. The van der Waals surface area contributed by atoms with E-state index in [1.165, 1.54) is 16.7 Å². The number of nitrogens with zero attached hydrogens (tertiary/aromatic N) is 5. The number of nitrogens with one attached hydrogen (secondary N) is 2. The van der Waals surface area contributed by atoms with Crippen LogP contribution in [0.15, 0.2) is 72.2 Å². The van der Waals surface area contributed by atoms with Crippen LogP contribution in [0.4, 0.5) is 0 Å². The molecule has 0 bridgehead atoms. The van der Waals surface area contributed by atoms with Crippen molar-refractivity contribution in [3.63, 3.8) is 0 Å². The van der Waals surface area contributed by atoms with Gasteiger partial charge in [-0.1, -0.05) is 54.6 Å². The van der Waals surface area contributed by atoms with Gasteiger partial charge in [-0.15, -0.1) is 24.0 Å². The third-order valence-electron chi connectivity index (χ3n) is 5.66. The van der Waals surface area contributed by atoms with E-state index in [4.69, 9.17) is 0 Å². The van der Waals surface area contributed by atoms with Gasteiger partial charge in [0.2, 0.25) is 0 Å². The Morgan fingerprint density at radius 2 is 1.75 bits per heavy atom. The summed E-state index contributed by atoms with van der Waals surface area (Å²) < 4.78 is 1.83. The lowest BCUT2D eigenvalue weighted by Crippen LogP contribution is -2.48. The topological polar surface area (TPSA) is 70.4 Å². The van der Waals surface area contributed by atoms with Crippen LogP contribution in [0.3, 0.4) is 0 Å². The van der Waals surface area contributed by atoms with Gasteiger partial charge >= 0.3 is 0 Å². The first-order valence-corrected chi connectivity index (χ1v) is 10.9. The maximum atomic E-state index is 4.43. The normalized spacial score (nSPS) is 15.2. The molecule has 3 aromatic rings. The van der Waals surface area contributed by atoms with Crippen molar-refractivity contribution >= 4 is 29.9 Å². The number of aliphatic imine (C=N–C) groups is 1. The zero-order chi connectivity index (χ0) is 21.3. The van der Waals surface area contributed by atoms with Gasteiger partial charge in [0.1, 0.15) is 12.7 Å². The Morgan fingerprint density at radius 1 is 1.00 bits per heavy atom. The summed E-state index contributed by atoms with van der Waals surface area (Å²) in [7, 11) is 1.83. The van der Waals surface area contributed by atoms with Crippen molar-refractivity contribution in [3.05, 3.63) is 83.9 Å². The molecule has 0 unspecified atom stereocenters. The Bertz CT molecular complexity index is 951. The quantitative estimate of drug-likeness (QED) is 0.271. The van der Waals surface area contributed by atoms with Gasteiger partial charge in [-0.3, -0.25) is 9.89 Å². The molecule has 0 spiro atoms. The Hall–Kier alpha value is -2.46. The second-order valence-corrected chi connectivity index (χ2v) is 8.02. The number of benzene rings is 2. The molecule has 170 valence electrons. The molecule has 2 N–H and O–H groups in total. The van der Waals surface area contributed by atoms with Gasteiger partial charge in [-0.2, -0.15) is 5.10 Å². The SMILES string of the molecule is CN=C(NCc1cccc(Cn2cncn2)c1)NC1CCN(Cc2ccccc2)CC1.I. The zero-order valence-electron chi connectivity index (χ0n) is 18.5. The molecule has 4 rings (SSSR count). The summed E-state index contributed by atoms with van der Waals surface area (Å²) in [6.07, 6.45) is 5.55. The first-order chi connectivity index (χ1) is 15.3. The number of guanidine groups is 1. The number of rotatable bonds is 7. The van der Waals surface area contributed by atoms with Crippen molar-refractivity contribution in [2.45, 2.75) is 38.5 Å². The lowest BCUT2D eigenvalue weighted by molar-refractivity contribution is 0.198. The third-order valence-corrected chi connectivity index (χ3v) is 5.66. The lowest BCUT2D eigenvalue weighted by atomic mass is 10.0. The number of hydrogen-bond donors (Lipinski definition) is 2. The van der Waals surface area contributed by atoms with Gasteiger partial charge in [-0.25, -0.2) is 9.67 Å². The van der Waals surface area contributed by atoms with E-state index in [1.54, 1.807) is 12.7 Å². The van der Waals surface area contributed by atoms with Crippen LogP contribution in [0.1, 0.15) is 29.5 Å². The van der Waals surface area contributed by atoms with Crippen LogP contribution in [-0.2, 0) is 19.6 Å². The second-order valence-electron chi connectivity index (χ2n) is 8.02. The van der Waals surface area contributed by atoms with E-state index in [9.17, 15) is 0 Å². The molecule has 1 aliphatic rings. The van der Waals surface area contributed by atoms with E-state index in [0.29, 0.717) is 6.04 Å². The van der Waals surface area contributed by atoms with Crippen molar-refractivity contribution in [2.24, 2.45) is 4.99 Å². The molecule has 8 heteroatoms. The number of likely N-dealkylation sites (tertiary alicyclic amines) is 1. The predicted octanol–water partition coefficient (Wildman–Crippen LogP) is 3.27. The lowest BCUT2D eigenvalue weighted by Gasteiger charge is -2.33. The number of piperidine rings is 1. The summed E-state index contributed by atoms with van der Waals surface area (Å²) >= 11 is 0. The maximum absolute atomic E-state index is 4.43. The van der Waals surface area contributed by atoms with Gasteiger partial charge < -0.3 is 10.6 Å². The smallest absolute Gasteiger partial charge is 0.191 e. The highest BCUT2D eigenvalue weighted by molar-refractivity contribution is 14.0. The monoisotopic (exact) mass is 545 g/mol. The highest BCUT2D eigenvalue weighted by Gasteiger charge is 2.20. The molecule has 1 saturated heterocycles. The minimum atomic E-state index is 0. The Balaban J connectivity index is 0.00000289. The van der Waals surface area contributed by atoms with E-state index < -0.39 is 0 Å². The molecule has 1 aliphatic heterocycles. The Morgan fingerprint density at radius 3 is 2.47 bits per heavy atom. The van der Waals surface area contributed by atoms with Crippen molar-refractivity contribution < 1.29 is 0 Å². The summed E-state index contributed by atoms with van der Waals surface area (Å²) in [6.45, 7) is 4.70. The Labute approximate surface area is 207 Å². The first kappa shape index (κ1) is 24.2. The minimum Gasteiger partial charge on any atom is -0.354 e. The van der Waals surface area contributed by atoms with Gasteiger partial charge in [0.25, 0.3) is 0 Å². The van der Waals surface area contributed by atoms with Crippen LogP contribution in [0, 0.1) is 0 Å². The molecule has 2 heterocycles. The second kappa shape index (κ2) is 12.5. The summed E-state index contributed by atoms with van der Waals surface area (Å²) in [5.74, 6) is 0.864. The fraction of sp³-hybridized carbons (Fsp3) is 0.375. The first-order valence-electron chi connectivity index (χ1n) is 10.9. The summed E-state index contributed by atoms with van der Waals surface area (Å²) in [5.41, 5.74) is 3.81. The molecule has 1 fully saturated rings. The van der Waals surface area contributed by atoms with Gasteiger partial charge in [0.05, 0.1) is 6.54 Å². The van der Waals surface area contributed by atoms with E-state index >= 15 is 0 Å². The van der Waals surface area contributed by atoms with Gasteiger partial charge in [-0.05, 0) is 29.5 Å². The molecule has 0 atom stereocenters. The van der Waals surface area contributed by atoms with Gasteiger partial charge in [0.15, 0.2) is 5.96 Å². The largest absolute Gasteiger partial charge is 0.354 e. The van der Waals surface area contributed by atoms with Crippen LogP contribution >= 0.6 is 24.0 Å². The van der Waals surface area contributed by atoms with Crippen LogP contribution in [0.25, 0.3) is 0 Å². The summed E-state index contributed by atoms with van der Waals surface area (Å²) in [4.78, 5) is 11.0. The van der Waals surface area contributed by atoms with E-state index in [-0.39, 0.29) is 24.0 Å². The third kappa shape index (κ3) is 7.30. The van der Waals surface area contributed by atoms with Crippen molar-refractivity contribution in [1.29, 1.82) is 0 Å². The van der Waals surface area contributed by atoms with Crippen LogP contribution in [-0.4, -0.2) is 51.8 Å². The zero-order valence-corrected chi connectivity index (χ0v) is 20.9. The molecular formula is C24H32IN7. The molecule has 0 aliphatic carbocycles. The molecular weight excluding hydrogens is 513 g/mol. The predicted molar refractivity (Wildman–Crippen MR) is 139 cm³/mol. The van der Waals surface area contributed by atoms with Crippen LogP contribution < -0.4 is 10.6 Å². The van der Waals surface area contributed by atoms with Crippen molar-refractivity contribution in [1.82, 2.24) is 30.3 Å². The molecule has 7 nitrogen and oxygen atoms in total. The van der Waals surface area contributed by atoms with Crippen molar-refractivity contribution in [2.75, 3.05) is 20.1 Å². The summed E-state index contributed by atoms with van der Waals surface area (Å²) in [5, 5.41) is 11.2. The maximum Gasteiger partial charge on any atom is 0.191 e. The highest BCUT2D eigenvalue weighted by Crippen LogP contribution is 2.14.